The minimum Gasteiger partial charge on any atom is -0.493 e. The lowest BCUT2D eigenvalue weighted by Gasteiger charge is -2.41. The Bertz CT molecular complexity index is 1080. The number of hydroxylamine groups is 3. The molecule has 3 aliphatic rings. The molecule has 2 aromatic rings. The number of hydrogen-bond acceptors (Lipinski definition) is 8. The van der Waals surface area contributed by atoms with Crippen molar-refractivity contribution in [3.8, 4) is 28.7 Å². The Labute approximate surface area is 179 Å². The summed E-state index contributed by atoms with van der Waals surface area (Å²) in [6.07, 6.45) is -0.156. The summed E-state index contributed by atoms with van der Waals surface area (Å²) < 4.78 is 33.2. The largest absolute Gasteiger partial charge is 0.493 e. The molecule has 164 valence electrons. The van der Waals surface area contributed by atoms with Gasteiger partial charge in [0.2, 0.25) is 12.5 Å². The van der Waals surface area contributed by atoms with Crippen molar-refractivity contribution in [2.24, 2.45) is 0 Å². The highest BCUT2D eigenvalue weighted by atomic mass is 16.7. The number of likely N-dealkylation sites (N-methyl/N-ethyl adjacent to an activating group) is 1. The molecule has 0 saturated carbocycles. The summed E-state index contributed by atoms with van der Waals surface area (Å²) in [6, 6.07) is 4.78. The van der Waals surface area contributed by atoms with E-state index in [2.05, 4.69) is 0 Å². The first-order chi connectivity index (χ1) is 14.9. The van der Waals surface area contributed by atoms with E-state index < -0.39 is 18.1 Å². The third-order valence-electron chi connectivity index (χ3n) is 6.29. The van der Waals surface area contributed by atoms with Crippen LogP contribution in [0.4, 0.5) is 0 Å². The number of hydrogen-bond donors (Lipinski definition) is 1. The lowest BCUT2D eigenvalue weighted by molar-refractivity contribution is -1.11. The molecule has 0 bridgehead atoms. The molecule has 0 fully saturated rings. The summed E-state index contributed by atoms with van der Waals surface area (Å²) in [6.45, 7) is 0.528. The second kappa shape index (κ2) is 6.93. The van der Waals surface area contributed by atoms with Crippen molar-refractivity contribution < 1.29 is 43.1 Å². The van der Waals surface area contributed by atoms with Crippen LogP contribution in [0, 0.1) is 0 Å². The molecule has 0 spiro atoms. The average Bonchev–Trinajstić information content (AvgIpc) is 3.35. The van der Waals surface area contributed by atoms with Crippen molar-refractivity contribution in [2.75, 3.05) is 41.7 Å². The summed E-state index contributed by atoms with van der Waals surface area (Å²) in [5.41, 5.74) is 2.63. The second-order valence-electron chi connectivity index (χ2n) is 7.94. The van der Waals surface area contributed by atoms with Gasteiger partial charge >= 0.3 is 5.97 Å². The number of benzene rings is 2. The van der Waals surface area contributed by atoms with Crippen molar-refractivity contribution in [3.63, 3.8) is 0 Å². The van der Waals surface area contributed by atoms with E-state index in [0.29, 0.717) is 52.8 Å². The number of ether oxygens (including phenoxy) is 6. The summed E-state index contributed by atoms with van der Waals surface area (Å²) in [5, 5.41) is 11.4. The molecule has 1 N–H and O–H groups in total. The molecule has 3 aliphatic heterocycles. The van der Waals surface area contributed by atoms with Gasteiger partial charge in [0, 0.05) is 12.0 Å². The molecular formula is C22H24NO8+. The number of fused-ring (bicyclic) bond motifs is 3. The normalized spacial score (nSPS) is 25.5. The van der Waals surface area contributed by atoms with Gasteiger partial charge in [0.1, 0.15) is 12.1 Å². The molecule has 2 aromatic carbocycles. The molecule has 9 heteroatoms. The van der Waals surface area contributed by atoms with Gasteiger partial charge in [0.05, 0.1) is 33.9 Å². The highest BCUT2D eigenvalue weighted by molar-refractivity contribution is 5.98. The van der Waals surface area contributed by atoms with Crippen LogP contribution in [0.2, 0.25) is 0 Å². The first kappa shape index (κ1) is 19.8. The van der Waals surface area contributed by atoms with E-state index in [1.165, 1.54) is 14.2 Å². The molecule has 31 heavy (non-hydrogen) atoms. The van der Waals surface area contributed by atoms with E-state index in [1.54, 1.807) is 26.3 Å². The lowest BCUT2D eigenvalue weighted by atomic mass is 9.85. The van der Waals surface area contributed by atoms with Gasteiger partial charge in [-0.25, -0.2) is 10.0 Å². The molecule has 1 unspecified atom stereocenters. The van der Waals surface area contributed by atoms with Gasteiger partial charge < -0.3 is 28.4 Å². The van der Waals surface area contributed by atoms with Crippen LogP contribution >= 0.6 is 0 Å². The molecule has 0 saturated heterocycles. The van der Waals surface area contributed by atoms with Crippen LogP contribution < -0.4 is 23.7 Å². The zero-order valence-electron chi connectivity index (χ0n) is 17.8. The third kappa shape index (κ3) is 2.73. The Morgan fingerprint density at radius 1 is 1.10 bits per heavy atom. The molecule has 0 aromatic heterocycles. The van der Waals surface area contributed by atoms with Crippen LogP contribution in [-0.4, -0.2) is 57.5 Å². The van der Waals surface area contributed by atoms with Gasteiger partial charge in [-0.2, -0.15) is 4.65 Å². The van der Waals surface area contributed by atoms with Crippen molar-refractivity contribution >= 4 is 5.97 Å². The monoisotopic (exact) mass is 430 g/mol. The average molecular weight is 430 g/mol. The molecule has 3 atom stereocenters. The number of carbonyl (C=O) groups excluding carboxylic acids is 1. The fourth-order valence-corrected chi connectivity index (χ4v) is 4.88. The van der Waals surface area contributed by atoms with Crippen molar-refractivity contribution in [3.05, 3.63) is 40.5 Å². The fourth-order valence-electron chi connectivity index (χ4n) is 4.88. The SMILES string of the molecule is COc1ccc2c(c1OC)C(=O)O[C@@H]2[C@H]1c2c(cc3c(c2OC)OCO3)CC[N+]1(C)O. The van der Waals surface area contributed by atoms with Gasteiger partial charge in [-0.15, -0.1) is 0 Å². The highest BCUT2D eigenvalue weighted by Gasteiger charge is 2.53. The molecule has 0 amide bonds. The standard InChI is InChI=1S/C22H24NO8/c1-23(25)8-7-11-9-14-20(30-10-29-14)21(28-4)15(11)17(23)18-12-5-6-13(26-2)19(27-3)16(12)22(24)31-18/h5-6,9,17-18,25H,7-8,10H2,1-4H3/q+1/t17-,18+,23?/m1/s1. The van der Waals surface area contributed by atoms with Crippen LogP contribution in [0.1, 0.15) is 39.2 Å². The van der Waals surface area contributed by atoms with Gasteiger partial charge in [0.15, 0.2) is 35.1 Å². The van der Waals surface area contributed by atoms with Crippen molar-refractivity contribution in [2.45, 2.75) is 18.6 Å². The smallest absolute Gasteiger partial charge is 0.343 e. The number of rotatable bonds is 4. The van der Waals surface area contributed by atoms with Gasteiger partial charge in [0.25, 0.3) is 0 Å². The Morgan fingerprint density at radius 3 is 2.58 bits per heavy atom. The second-order valence-corrected chi connectivity index (χ2v) is 7.94. The molecule has 0 aliphatic carbocycles. The lowest BCUT2D eigenvalue weighted by Crippen LogP contribution is -2.50. The number of cyclic esters (lactones) is 1. The topological polar surface area (TPSA) is 92.7 Å². The van der Waals surface area contributed by atoms with Gasteiger partial charge in [-0.05, 0) is 17.7 Å². The Morgan fingerprint density at radius 2 is 1.87 bits per heavy atom. The summed E-state index contributed by atoms with van der Waals surface area (Å²) in [5.74, 6) is 1.81. The van der Waals surface area contributed by atoms with Crippen LogP contribution in [0.3, 0.4) is 0 Å². The number of methoxy groups -OCH3 is 3. The molecule has 9 nitrogen and oxygen atoms in total. The van der Waals surface area contributed by atoms with Crippen LogP contribution in [0.15, 0.2) is 18.2 Å². The number of quaternary nitrogens is 1. The molecular weight excluding hydrogens is 406 g/mol. The maximum Gasteiger partial charge on any atom is 0.343 e. The Balaban J connectivity index is 1.72. The number of carbonyl (C=O) groups is 1. The third-order valence-corrected chi connectivity index (χ3v) is 6.29. The zero-order valence-corrected chi connectivity index (χ0v) is 17.8. The van der Waals surface area contributed by atoms with E-state index in [4.69, 9.17) is 28.4 Å². The summed E-state index contributed by atoms with van der Waals surface area (Å²) >= 11 is 0. The minimum atomic E-state index is -0.759. The first-order valence-electron chi connectivity index (χ1n) is 9.94. The van der Waals surface area contributed by atoms with Gasteiger partial charge in [-0.1, -0.05) is 6.07 Å². The molecule has 3 heterocycles. The van der Waals surface area contributed by atoms with Crippen LogP contribution in [0.5, 0.6) is 28.7 Å². The molecule has 5 rings (SSSR count). The van der Waals surface area contributed by atoms with Crippen LogP contribution in [-0.2, 0) is 11.2 Å². The quantitative estimate of drug-likeness (QED) is 0.585. The molecule has 0 radical (unpaired) electrons. The van der Waals surface area contributed by atoms with E-state index in [-0.39, 0.29) is 11.4 Å². The fraction of sp³-hybridized carbons (Fsp3) is 0.409. The Hall–Kier alpha value is -3.17. The van der Waals surface area contributed by atoms with Crippen LogP contribution in [0.25, 0.3) is 0 Å². The van der Waals surface area contributed by atoms with E-state index in [9.17, 15) is 10.0 Å². The van der Waals surface area contributed by atoms with Crippen molar-refractivity contribution in [1.29, 1.82) is 0 Å². The minimum absolute atomic E-state index is 0.0999. The highest BCUT2D eigenvalue weighted by Crippen LogP contribution is 2.56. The van der Waals surface area contributed by atoms with Crippen molar-refractivity contribution in [1.82, 2.24) is 0 Å². The Kier molecular flexibility index (Phi) is 4.42. The summed E-state index contributed by atoms with van der Waals surface area (Å²) in [7, 11) is 6.23. The first-order valence-corrected chi connectivity index (χ1v) is 9.94. The predicted octanol–water partition coefficient (Wildman–Crippen LogP) is 2.79. The zero-order chi connectivity index (χ0) is 21.9. The van der Waals surface area contributed by atoms with E-state index in [1.807, 2.05) is 6.07 Å². The predicted molar refractivity (Wildman–Crippen MR) is 106 cm³/mol. The maximum absolute atomic E-state index is 12.9. The van der Waals surface area contributed by atoms with Gasteiger partial charge in [-0.3, -0.25) is 0 Å². The number of esters is 1. The summed E-state index contributed by atoms with van der Waals surface area (Å²) in [4.78, 5) is 12.9. The number of nitrogens with zero attached hydrogens (tertiary/aromatic N) is 1. The van der Waals surface area contributed by atoms with E-state index >= 15 is 0 Å². The van der Waals surface area contributed by atoms with E-state index in [0.717, 1.165) is 11.1 Å². The maximum atomic E-state index is 12.9.